The molecule has 0 N–H and O–H groups in total. The zero-order valence-electron chi connectivity index (χ0n) is 29.1. The maximum absolute atomic E-state index is 9.43. The summed E-state index contributed by atoms with van der Waals surface area (Å²) in [5.74, 6) is 0. The minimum absolute atomic E-state index is 0.0285. The molecule has 1 heterocycles. The minimum atomic E-state index is -0.595. The molecule has 0 radical (unpaired) electrons. The Balaban J connectivity index is 1.63. The van der Waals surface area contributed by atoms with E-state index in [2.05, 4.69) is 0 Å². The van der Waals surface area contributed by atoms with Crippen LogP contribution in [0.3, 0.4) is 0 Å². The van der Waals surface area contributed by atoms with Gasteiger partial charge in [-0.15, -0.1) is 0 Å². The number of rotatable bonds is 1. The highest BCUT2D eigenvalue weighted by molar-refractivity contribution is 6.19. The standard InChI is InChI=1S/C34H20O/c1-2-9-23-20-33-31(17-22(23)8-1)34-28(13-6-14-32(34)35-33)27-12-5-10-24-18-29-25(19-30(24)27)16-15-21-7-3-4-11-26(21)29/h1-20H/i3D,4D,5D,7D,10D,11D,12D,15D,16D,18D,19D. The number of furan rings is 1. The molecular formula is C34H20O. The topological polar surface area (TPSA) is 13.1 Å². The molecule has 0 saturated heterocycles. The van der Waals surface area contributed by atoms with Gasteiger partial charge in [-0.1, -0.05) is 90.8 Å². The van der Waals surface area contributed by atoms with E-state index in [1.807, 2.05) is 36.4 Å². The van der Waals surface area contributed by atoms with Gasteiger partial charge in [0.1, 0.15) is 11.2 Å². The summed E-state index contributed by atoms with van der Waals surface area (Å²) >= 11 is 0. The lowest BCUT2D eigenvalue weighted by Gasteiger charge is -2.11. The van der Waals surface area contributed by atoms with Crippen molar-refractivity contribution in [2.24, 2.45) is 0 Å². The Morgan fingerprint density at radius 3 is 2.20 bits per heavy atom. The first kappa shape index (κ1) is 11.2. The highest BCUT2D eigenvalue weighted by atomic mass is 16.3. The number of fused-ring (bicyclic) bond motifs is 8. The van der Waals surface area contributed by atoms with Crippen molar-refractivity contribution in [3.8, 4) is 11.1 Å². The zero-order chi connectivity index (χ0) is 32.5. The molecule has 0 aliphatic carbocycles. The van der Waals surface area contributed by atoms with E-state index in [1.54, 1.807) is 18.2 Å². The van der Waals surface area contributed by atoms with E-state index >= 15 is 0 Å². The molecule has 0 bridgehead atoms. The van der Waals surface area contributed by atoms with Crippen LogP contribution in [0.15, 0.2) is 125 Å². The molecule has 8 rings (SSSR count). The molecule has 0 atom stereocenters. The van der Waals surface area contributed by atoms with Crippen molar-refractivity contribution in [3.63, 3.8) is 0 Å². The largest absolute Gasteiger partial charge is 0.456 e. The molecule has 35 heavy (non-hydrogen) atoms. The van der Waals surface area contributed by atoms with Crippen LogP contribution >= 0.6 is 0 Å². The summed E-state index contributed by atoms with van der Waals surface area (Å²) < 4.78 is 103. The van der Waals surface area contributed by atoms with Gasteiger partial charge in [-0.2, -0.15) is 0 Å². The van der Waals surface area contributed by atoms with E-state index in [-0.39, 0.29) is 50.0 Å². The van der Waals surface area contributed by atoms with E-state index in [0.717, 1.165) is 16.2 Å². The maximum atomic E-state index is 9.43. The fourth-order valence-corrected chi connectivity index (χ4v) is 4.92. The second-order valence-corrected chi connectivity index (χ2v) is 8.48. The molecule has 0 spiro atoms. The number of benzene rings is 7. The van der Waals surface area contributed by atoms with Crippen molar-refractivity contribution in [2.45, 2.75) is 0 Å². The molecule has 1 nitrogen and oxygen atoms in total. The monoisotopic (exact) mass is 455 g/mol. The third-order valence-corrected chi connectivity index (χ3v) is 6.51. The van der Waals surface area contributed by atoms with E-state index in [0.29, 0.717) is 22.1 Å². The molecular weight excluding hydrogens is 424 g/mol. The molecule has 0 saturated carbocycles. The molecule has 0 fully saturated rings. The summed E-state index contributed by atoms with van der Waals surface area (Å²) in [4.78, 5) is 0. The lowest BCUT2D eigenvalue weighted by Crippen LogP contribution is -1.85. The average Bonchev–Trinajstić information content (AvgIpc) is 3.41. The van der Waals surface area contributed by atoms with Gasteiger partial charge in [0.05, 0.1) is 15.1 Å². The quantitative estimate of drug-likeness (QED) is 0.177. The van der Waals surface area contributed by atoms with Gasteiger partial charge >= 0.3 is 0 Å². The first-order valence-electron chi connectivity index (χ1n) is 16.6. The molecule has 162 valence electrons. The lowest BCUT2D eigenvalue weighted by molar-refractivity contribution is 0.669. The van der Waals surface area contributed by atoms with E-state index in [1.165, 1.54) is 0 Å². The van der Waals surface area contributed by atoms with Gasteiger partial charge in [0.15, 0.2) is 0 Å². The summed E-state index contributed by atoms with van der Waals surface area (Å²) in [7, 11) is 0. The van der Waals surface area contributed by atoms with Crippen molar-refractivity contribution in [1.29, 1.82) is 0 Å². The van der Waals surface area contributed by atoms with Crippen LogP contribution in [-0.4, -0.2) is 0 Å². The highest BCUT2D eigenvalue weighted by Crippen LogP contribution is 2.41. The van der Waals surface area contributed by atoms with Crippen LogP contribution in [0.4, 0.5) is 0 Å². The minimum Gasteiger partial charge on any atom is -0.456 e. The van der Waals surface area contributed by atoms with Crippen molar-refractivity contribution < 1.29 is 19.5 Å². The Bertz CT molecular complexity index is 2710. The SMILES string of the molecule is [2H]c1c([2H])c(-c2cccc3oc4cc5ccccc5cc4c23)c2c([2H])c3c([2H])c([2H])c4c([2H])c([2H])c([2H])c([2H])c4c3c([2H])c2c1[2H]. The fourth-order valence-electron chi connectivity index (χ4n) is 4.92. The van der Waals surface area contributed by atoms with Gasteiger partial charge in [-0.3, -0.25) is 0 Å². The van der Waals surface area contributed by atoms with Gasteiger partial charge in [0.25, 0.3) is 0 Å². The van der Waals surface area contributed by atoms with Gasteiger partial charge in [-0.05, 0) is 84.5 Å². The van der Waals surface area contributed by atoms with Crippen molar-refractivity contribution in [3.05, 3.63) is 121 Å². The van der Waals surface area contributed by atoms with Crippen molar-refractivity contribution in [2.75, 3.05) is 0 Å². The summed E-state index contributed by atoms with van der Waals surface area (Å²) in [6, 6.07) is 11.5. The van der Waals surface area contributed by atoms with Gasteiger partial charge < -0.3 is 4.42 Å². The number of hydrogen-bond acceptors (Lipinski definition) is 1. The molecule has 0 amide bonds. The predicted octanol–water partition coefficient (Wildman–Crippen LogP) is 9.87. The molecule has 8 aromatic rings. The van der Waals surface area contributed by atoms with Crippen LogP contribution in [0.5, 0.6) is 0 Å². The molecule has 0 aliphatic heterocycles. The van der Waals surface area contributed by atoms with Crippen molar-refractivity contribution >= 4 is 65.0 Å². The van der Waals surface area contributed by atoms with E-state index in [4.69, 9.17) is 16.8 Å². The van der Waals surface area contributed by atoms with Gasteiger partial charge in [0.2, 0.25) is 0 Å². The summed E-state index contributed by atoms with van der Waals surface area (Å²) in [5.41, 5.74) is 1.61. The van der Waals surface area contributed by atoms with Crippen LogP contribution < -0.4 is 0 Å². The van der Waals surface area contributed by atoms with Crippen LogP contribution in [0.1, 0.15) is 15.1 Å². The summed E-state index contributed by atoms with van der Waals surface area (Å²) in [6.07, 6.45) is 0. The fraction of sp³-hybridized carbons (Fsp3) is 0. The second-order valence-electron chi connectivity index (χ2n) is 8.48. The zero-order valence-corrected chi connectivity index (χ0v) is 18.1. The Morgan fingerprint density at radius 1 is 0.486 bits per heavy atom. The number of hydrogen-bond donors (Lipinski definition) is 0. The normalized spacial score (nSPS) is 16.4. The molecule has 1 heteroatoms. The second kappa shape index (κ2) is 6.94. The third-order valence-electron chi connectivity index (χ3n) is 6.51. The molecule has 0 aliphatic rings. The Labute approximate surface area is 217 Å². The Morgan fingerprint density at radius 2 is 1.26 bits per heavy atom. The Hall–Kier alpha value is -4.62. The lowest BCUT2D eigenvalue weighted by atomic mass is 9.91. The van der Waals surface area contributed by atoms with Crippen LogP contribution in [0.2, 0.25) is 0 Å². The van der Waals surface area contributed by atoms with Crippen molar-refractivity contribution in [1.82, 2.24) is 0 Å². The maximum Gasteiger partial charge on any atom is 0.136 e. The first-order valence-corrected chi connectivity index (χ1v) is 11.1. The highest BCUT2D eigenvalue weighted by Gasteiger charge is 2.15. The Kier molecular flexibility index (Phi) is 2.22. The van der Waals surface area contributed by atoms with Gasteiger partial charge in [0, 0.05) is 10.8 Å². The molecule has 1 aromatic heterocycles. The summed E-state index contributed by atoms with van der Waals surface area (Å²) in [5, 5.41) is 2.25. The van der Waals surface area contributed by atoms with Crippen LogP contribution in [0.25, 0.3) is 76.2 Å². The average molecular weight is 456 g/mol. The van der Waals surface area contributed by atoms with Crippen LogP contribution in [0, 0.1) is 0 Å². The van der Waals surface area contributed by atoms with Gasteiger partial charge in [-0.25, -0.2) is 0 Å². The molecule has 0 unspecified atom stereocenters. The smallest absolute Gasteiger partial charge is 0.136 e. The van der Waals surface area contributed by atoms with Crippen LogP contribution in [-0.2, 0) is 0 Å². The molecule has 7 aromatic carbocycles. The first-order chi connectivity index (χ1) is 21.9. The third kappa shape index (κ3) is 2.70. The predicted molar refractivity (Wildman–Crippen MR) is 149 cm³/mol. The summed E-state index contributed by atoms with van der Waals surface area (Å²) in [6.45, 7) is 0. The van der Waals surface area contributed by atoms with E-state index < -0.39 is 54.4 Å². The van der Waals surface area contributed by atoms with E-state index in [9.17, 15) is 2.74 Å².